The van der Waals surface area contributed by atoms with Crippen molar-refractivity contribution in [1.29, 1.82) is 0 Å². The van der Waals surface area contributed by atoms with Gasteiger partial charge in [0.1, 0.15) is 5.70 Å². The summed E-state index contributed by atoms with van der Waals surface area (Å²) in [4.78, 5) is 17.7. The predicted molar refractivity (Wildman–Crippen MR) is 109 cm³/mol. The average Bonchev–Trinajstić information content (AvgIpc) is 2.66. The van der Waals surface area contributed by atoms with Crippen molar-refractivity contribution >= 4 is 28.5 Å². The molecule has 2 aromatic rings. The molecule has 27 heavy (non-hydrogen) atoms. The van der Waals surface area contributed by atoms with Gasteiger partial charge in [-0.1, -0.05) is 75.0 Å². The summed E-state index contributed by atoms with van der Waals surface area (Å²) in [6.07, 6.45) is 1.53. The average molecular weight is 379 g/mol. The fourth-order valence-electron chi connectivity index (χ4n) is 3.29. The van der Waals surface area contributed by atoms with Gasteiger partial charge in [0.05, 0.1) is 5.36 Å². The van der Waals surface area contributed by atoms with Crippen molar-refractivity contribution in [2.24, 2.45) is 10.1 Å². The van der Waals surface area contributed by atoms with Crippen LogP contribution in [-0.2, 0) is 10.2 Å². The topological polar surface area (TPSA) is 57.1 Å². The van der Waals surface area contributed by atoms with E-state index >= 15 is 0 Å². The third-order valence-electron chi connectivity index (χ3n) is 4.78. The van der Waals surface area contributed by atoms with E-state index in [0.717, 1.165) is 16.1 Å². The number of hydrazone groups is 1. The van der Waals surface area contributed by atoms with E-state index < -0.39 is 0 Å². The van der Waals surface area contributed by atoms with E-state index in [1.807, 2.05) is 30.5 Å². The highest BCUT2D eigenvalue weighted by Gasteiger charge is 2.34. The van der Waals surface area contributed by atoms with Crippen LogP contribution in [0.15, 0.2) is 58.6 Å². The summed E-state index contributed by atoms with van der Waals surface area (Å²) in [6, 6.07) is 16.1. The fraction of sp³-hybridized carbons (Fsp3) is 0.286. The number of hydrogen-bond acceptors (Lipinski definition) is 5. The van der Waals surface area contributed by atoms with Gasteiger partial charge in [-0.25, -0.2) is 5.01 Å². The monoisotopic (exact) mass is 378 g/mol. The largest absolute Gasteiger partial charge is 0.298 e. The molecule has 2 aliphatic rings. The summed E-state index contributed by atoms with van der Waals surface area (Å²) >= 11 is 1.41. The first-order chi connectivity index (χ1) is 12.9. The number of nitrogens with one attached hydrogen (secondary N) is 1. The molecule has 5 nitrogen and oxygen atoms in total. The van der Waals surface area contributed by atoms with Crippen LogP contribution in [0.3, 0.4) is 0 Å². The number of para-hydroxylation sites is 1. The van der Waals surface area contributed by atoms with Gasteiger partial charge >= 0.3 is 0 Å². The summed E-state index contributed by atoms with van der Waals surface area (Å²) in [5.41, 5.74) is 2.90. The lowest BCUT2D eigenvalue weighted by molar-refractivity contribution is -0.116. The van der Waals surface area contributed by atoms with Crippen molar-refractivity contribution in [1.82, 2.24) is 10.3 Å². The van der Waals surface area contributed by atoms with Crippen LogP contribution in [0.1, 0.15) is 38.1 Å². The summed E-state index contributed by atoms with van der Waals surface area (Å²) in [5.74, 6) is -0.145. The van der Waals surface area contributed by atoms with Crippen molar-refractivity contribution < 1.29 is 4.79 Å². The van der Waals surface area contributed by atoms with Crippen molar-refractivity contribution in [2.45, 2.75) is 32.4 Å². The van der Waals surface area contributed by atoms with Crippen LogP contribution in [0.4, 0.5) is 0 Å². The van der Waals surface area contributed by atoms with E-state index in [1.165, 1.54) is 17.3 Å². The summed E-state index contributed by atoms with van der Waals surface area (Å²) in [7, 11) is 0. The molecule has 0 aromatic heterocycles. The van der Waals surface area contributed by atoms with E-state index in [1.54, 1.807) is 5.01 Å². The Balaban J connectivity index is 1.89. The first kappa shape index (κ1) is 17.8. The van der Waals surface area contributed by atoms with Gasteiger partial charge in [0.25, 0.3) is 5.91 Å². The number of carbonyl (C=O) groups excluding carboxylic acids is 1. The Bertz CT molecular complexity index is 1050. The van der Waals surface area contributed by atoms with Crippen LogP contribution in [0.5, 0.6) is 0 Å². The minimum atomic E-state index is -0.364. The lowest BCUT2D eigenvalue weighted by Crippen LogP contribution is -2.50. The second-order valence-corrected chi connectivity index (χ2v) is 8.44. The number of fused-ring (bicyclic) bond motifs is 2. The molecule has 1 N–H and O–H groups in total. The van der Waals surface area contributed by atoms with Gasteiger partial charge in [-0.2, -0.15) is 0 Å². The Morgan fingerprint density at radius 1 is 1.07 bits per heavy atom. The Morgan fingerprint density at radius 3 is 2.44 bits per heavy atom. The van der Waals surface area contributed by atoms with Crippen LogP contribution in [-0.4, -0.2) is 22.3 Å². The Hall–Kier alpha value is -2.60. The lowest BCUT2D eigenvalue weighted by Gasteiger charge is -2.34. The minimum absolute atomic E-state index is 0.0846. The van der Waals surface area contributed by atoms with Gasteiger partial charge in [0, 0.05) is 5.22 Å². The van der Waals surface area contributed by atoms with Gasteiger partial charge in [-0.3, -0.25) is 15.1 Å². The molecule has 2 heterocycles. The van der Waals surface area contributed by atoms with E-state index in [0.29, 0.717) is 10.9 Å². The van der Waals surface area contributed by atoms with E-state index in [9.17, 15) is 4.79 Å². The van der Waals surface area contributed by atoms with Crippen molar-refractivity contribution in [2.75, 3.05) is 6.26 Å². The lowest BCUT2D eigenvalue weighted by atomic mass is 9.86. The second-order valence-electron chi connectivity index (χ2n) is 7.65. The highest BCUT2D eigenvalue weighted by molar-refractivity contribution is 8.13. The molecule has 0 saturated carbocycles. The number of amides is 1. The Labute approximate surface area is 162 Å². The number of carbonyl (C=O) groups is 1. The second kappa shape index (κ2) is 6.53. The van der Waals surface area contributed by atoms with E-state index in [-0.39, 0.29) is 17.5 Å². The van der Waals surface area contributed by atoms with Crippen LogP contribution in [0, 0.1) is 0 Å². The molecule has 0 aliphatic carbocycles. The maximum Gasteiger partial charge on any atom is 0.276 e. The van der Waals surface area contributed by atoms with Crippen molar-refractivity contribution in [3.05, 3.63) is 70.2 Å². The highest BCUT2D eigenvalue weighted by Crippen LogP contribution is 2.32. The fourth-order valence-corrected chi connectivity index (χ4v) is 3.66. The molecule has 2 aromatic carbocycles. The molecule has 0 spiro atoms. The molecule has 0 saturated heterocycles. The van der Waals surface area contributed by atoms with E-state index in [4.69, 9.17) is 4.99 Å². The standard InChI is InChI=1S/C21H22N4OS/c1-21(2,3)14-11-9-13(10-12-14)18-22-16-8-6-5-7-15(16)17-19(26)23-20(27-4)24-25(17)18/h5-12,18H,1-4H3,(H,23,24,26)/t18-/m1/s1. The zero-order valence-electron chi connectivity index (χ0n) is 15.9. The maximum absolute atomic E-state index is 12.8. The zero-order chi connectivity index (χ0) is 19.2. The smallest absolute Gasteiger partial charge is 0.276 e. The van der Waals surface area contributed by atoms with Gasteiger partial charge in [-0.15, -0.1) is 5.10 Å². The Kier molecular flexibility index (Phi) is 4.30. The summed E-state index contributed by atoms with van der Waals surface area (Å²) in [6.45, 7) is 6.58. The van der Waals surface area contributed by atoms with Crippen LogP contribution < -0.4 is 15.9 Å². The third-order valence-corrected chi connectivity index (χ3v) is 5.35. The van der Waals surface area contributed by atoms with Gasteiger partial charge in [0.15, 0.2) is 11.3 Å². The molecule has 4 rings (SSSR count). The SMILES string of the molecule is CSC1=NN2C(=c3ccccc3=N[C@H]2c2ccc(C(C)(C)C)cc2)C(=O)N1. The molecule has 0 unspecified atom stereocenters. The normalized spacial score (nSPS) is 18.9. The molecule has 1 amide bonds. The Morgan fingerprint density at radius 2 is 1.78 bits per heavy atom. The predicted octanol–water partition coefficient (Wildman–Crippen LogP) is 2.49. The molecule has 6 heteroatoms. The first-order valence-corrected chi connectivity index (χ1v) is 10.1. The van der Waals surface area contributed by atoms with Crippen LogP contribution in [0.25, 0.3) is 5.70 Å². The quantitative estimate of drug-likeness (QED) is 0.829. The summed E-state index contributed by atoms with van der Waals surface area (Å²) in [5, 5.41) is 11.5. The number of amidine groups is 1. The number of thioether (sulfide) groups is 1. The molecule has 0 bridgehead atoms. The van der Waals surface area contributed by atoms with Gasteiger partial charge in [-0.05, 0) is 28.9 Å². The molecular formula is C21H22N4OS. The zero-order valence-corrected chi connectivity index (χ0v) is 16.7. The molecule has 0 fully saturated rings. The first-order valence-electron chi connectivity index (χ1n) is 8.89. The number of hydrogen-bond donors (Lipinski definition) is 1. The molecule has 138 valence electrons. The van der Waals surface area contributed by atoms with Crippen molar-refractivity contribution in [3.63, 3.8) is 0 Å². The summed E-state index contributed by atoms with van der Waals surface area (Å²) < 4.78 is 0. The number of rotatable bonds is 1. The third kappa shape index (κ3) is 3.14. The van der Waals surface area contributed by atoms with Gasteiger partial charge < -0.3 is 0 Å². The van der Waals surface area contributed by atoms with Crippen LogP contribution in [0.2, 0.25) is 0 Å². The molecule has 2 aliphatic heterocycles. The van der Waals surface area contributed by atoms with Gasteiger partial charge in [0.2, 0.25) is 0 Å². The minimum Gasteiger partial charge on any atom is -0.298 e. The maximum atomic E-state index is 12.8. The van der Waals surface area contributed by atoms with E-state index in [2.05, 4.69) is 55.5 Å². The molecule has 0 radical (unpaired) electrons. The van der Waals surface area contributed by atoms with Crippen LogP contribution >= 0.6 is 11.8 Å². The molecule has 1 atom stereocenters. The highest BCUT2D eigenvalue weighted by atomic mass is 32.2. The van der Waals surface area contributed by atoms with Crippen molar-refractivity contribution in [3.8, 4) is 0 Å². The molecular weight excluding hydrogens is 356 g/mol. The number of nitrogens with zero attached hydrogens (tertiary/aromatic N) is 3. The number of benzene rings is 2.